The number of hydrogen-bond donors (Lipinski definition) is 0. The molecule has 1 aliphatic heterocycles. The number of ether oxygens (including phenoxy) is 2. The number of rotatable bonds is 5. The van der Waals surface area contributed by atoms with Crippen molar-refractivity contribution < 1.29 is 18.8 Å². The van der Waals surface area contributed by atoms with Gasteiger partial charge in [-0.25, -0.2) is 0 Å². The van der Waals surface area contributed by atoms with Crippen LogP contribution in [0.15, 0.2) is 40.9 Å². The first-order valence-electron chi connectivity index (χ1n) is 9.43. The molecule has 0 saturated carbocycles. The van der Waals surface area contributed by atoms with Gasteiger partial charge in [-0.3, -0.25) is 4.79 Å². The summed E-state index contributed by atoms with van der Waals surface area (Å²) in [6, 6.07) is 11.5. The van der Waals surface area contributed by atoms with E-state index in [0.717, 1.165) is 11.3 Å². The molecule has 1 unspecified atom stereocenters. The predicted molar refractivity (Wildman–Crippen MR) is 108 cm³/mol. The highest BCUT2D eigenvalue weighted by Gasteiger charge is 2.35. The molecule has 1 fully saturated rings. The number of aryl methyl sites for hydroxylation is 2. The fourth-order valence-electron chi connectivity index (χ4n) is 3.67. The summed E-state index contributed by atoms with van der Waals surface area (Å²) in [5.74, 6) is 2.12. The van der Waals surface area contributed by atoms with Crippen molar-refractivity contribution in [2.75, 3.05) is 25.7 Å². The van der Waals surface area contributed by atoms with Crippen LogP contribution in [0.2, 0.25) is 0 Å². The van der Waals surface area contributed by atoms with Crippen LogP contribution in [0.25, 0.3) is 11.5 Å². The lowest BCUT2D eigenvalue weighted by Gasteiger charge is -2.19. The molecular weight excluding hydrogens is 370 g/mol. The number of anilines is 1. The van der Waals surface area contributed by atoms with Crippen molar-refractivity contribution in [2.24, 2.45) is 0 Å². The van der Waals surface area contributed by atoms with Gasteiger partial charge >= 0.3 is 0 Å². The van der Waals surface area contributed by atoms with E-state index in [0.29, 0.717) is 41.7 Å². The Morgan fingerprint density at radius 1 is 1.07 bits per heavy atom. The number of carbonyl (C=O) groups excluding carboxylic acids is 1. The Morgan fingerprint density at radius 2 is 1.79 bits per heavy atom. The summed E-state index contributed by atoms with van der Waals surface area (Å²) < 4.78 is 16.1. The third-order valence-corrected chi connectivity index (χ3v) is 5.17. The molecule has 7 nitrogen and oxygen atoms in total. The van der Waals surface area contributed by atoms with Crippen LogP contribution in [-0.4, -0.2) is 36.8 Å². The first-order valence-corrected chi connectivity index (χ1v) is 9.43. The summed E-state index contributed by atoms with van der Waals surface area (Å²) in [6.45, 7) is 4.59. The molecule has 0 N–H and O–H groups in total. The van der Waals surface area contributed by atoms with Gasteiger partial charge in [-0.2, -0.15) is 4.98 Å². The van der Waals surface area contributed by atoms with Crippen molar-refractivity contribution in [2.45, 2.75) is 26.2 Å². The van der Waals surface area contributed by atoms with Crippen LogP contribution in [0, 0.1) is 13.8 Å². The van der Waals surface area contributed by atoms with Crippen LogP contribution in [-0.2, 0) is 4.79 Å². The molecule has 0 spiro atoms. The lowest BCUT2D eigenvalue weighted by Crippen LogP contribution is -2.25. The van der Waals surface area contributed by atoms with E-state index in [1.165, 1.54) is 5.56 Å². The molecule has 7 heteroatoms. The van der Waals surface area contributed by atoms with E-state index in [2.05, 4.69) is 16.2 Å². The van der Waals surface area contributed by atoms with Gasteiger partial charge in [0.2, 0.25) is 5.91 Å². The van der Waals surface area contributed by atoms with E-state index in [4.69, 9.17) is 14.0 Å². The standard InChI is InChI=1S/C22H23N3O4/c1-13-5-6-19(14(2)7-13)25-12-16(10-20(25)26)21-23-22(29-24-21)15-8-17(27-3)11-18(9-15)28-4/h5-9,11,16H,10,12H2,1-4H3. The van der Waals surface area contributed by atoms with Crippen molar-refractivity contribution in [3.63, 3.8) is 0 Å². The molecule has 150 valence electrons. The fraction of sp³-hybridized carbons (Fsp3) is 0.318. The van der Waals surface area contributed by atoms with Crippen LogP contribution in [0.4, 0.5) is 5.69 Å². The third kappa shape index (κ3) is 3.68. The molecule has 2 aromatic carbocycles. The predicted octanol–water partition coefficient (Wildman–Crippen LogP) is 3.89. The Morgan fingerprint density at radius 3 is 2.45 bits per heavy atom. The van der Waals surface area contributed by atoms with Crippen LogP contribution in [0.3, 0.4) is 0 Å². The van der Waals surface area contributed by atoms with Crippen molar-refractivity contribution in [1.29, 1.82) is 0 Å². The van der Waals surface area contributed by atoms with Crippen LogP contribution in [0.5, 0.6) is 11.5 Å². The van der Waals surface area contributed by atoms with Gasteiger partial charge in [-0.05, 0) is 37.6 Å². The number of methoxy groups -OCH3 is 2. The molecule has 4 rings (SSSR count). The summed E-state index contributed by atoms with van der Waals surface area (Å²) in [5, 5.41) is 4.14. The number of benzene rings is 2. The Hall–Kier alpha value is -3.35. The lowest BCUT2D eigenvalue weighted by molar-refractivity contribution is -0.117. The van der Waals surface area contributed by atoms with Crippen LogP contribution < -0.4 is 14.4 Å². The summed E-state index contributed by atoms with van der Waals surface area (Å²) in [4.78, 5) is 19.0. The first kappa shape index (κ1) is 19.0. The minimum Gasteiger partial charge on any atom is -0.497 e. The zero-order valence-electron chi connectivity index (χ0n) is 16.9. The Balaban J connectivity index is 1.58. The van der Waals surface area contributed by atoms with E-state index in [-0.39, 0.29) is 11.8 Å². The highest BCUT2D eigenvalue weighted by atomic mass is 16.5. The Bertz CT molecular complexity index is 1040. The molecule has 2 heterocycles. The van der Waals surface area contributed by atoms with Gasteiger partial charge in [0.15, 0.2) is 5.82 Å². The van der Waals surface area contributed by atoms with Gasteiger partial charge < -0.3 is 18.9 Å². The van der Waals surface area contributed by atoms with Gasteiger partial charge in [0.1, 0.15) is 11.5 Å². The summed E-state index contributed by atoms with van der Waals surface area (Å²) >= 11 is 0. The summed E-state index contributed by atoms with van der Waals surface area (Å²) in [5.41, 5.74) is 3.89. The maximum atomic E-state index is 12.6. The van der Waals surface area contributed by atoms with Gasteiger partial charge in [0.05, 0.1) is 14.2 Å². The zero-order valence-corrected chi connectivity index (χ0v) is 16.9. The fourth-order valence-corrected chi connectivity index (χ4v) is 3.67. The van der Waals surface area contributed by atoms with Gasteiger partial charge in [0, 0.05) is 36.2 Å². The monoisotopic (exact) mass is 393 g/mol. The average Bonchev–Trinajstić information content (AvgIpc) is 3.35. The number of carbonyl (C=O) groups is 1. The second-order valence-corrected chi connectivity index (χ2v) is 7.25. The molecule has 1 aliphatic rings. The molecule has 1 atom stereocenters. The minimum atomic E-state index is -0.117. The van der Waals surface area contributed by atoms with Gasteiger partial charge in [0.25, 0.3) is 5.89 Å². The summed E-state index contributed by atoms with van der Waals surface area (Å²) in [6.07, 6.45) is 0.355. The highest BCUT2D eigenvalue weighted by Crippen LogP contribution is 2.34. The third-order valence-electron chi connectivity index (χ3n) is 5.17. The van der Waals surface area contributed by atoms with E-state index in [9.17, 15) is 4.79 Å². The van der Waals surface area contributed by atoms with Crippen LogP contribution in [0.1, 0.15) is 29.3 Å². The van der Waals surface area contributed by atoms with E-state index < -0.39 is 0 Å². The molecule has 0 aliphatic carbocycles. The first-order chi connectivity index (χ1) is 14.0. The average molecular weight is 393 g/mol. The normalized spacial score (nSPS) is 16.3. The zero-order chi connectivity index (χ0) is 20.5. The molecule has 0 radical (unpaired) electrons. The maximum Gasteiger partial charge on any atom is 0.258 e. The molecule has 1 saturated heterocycles. The van der Waals surface area contributed by atoms with E-state index in [1.807, 2.05) is 43.0 Å². The quantitative estimate of drug-likeness (QED) is 0.654. The van der Waals surface area contributed by atoms with E-state index >= 15 is 0 Å². The molecule has 0 bridgehead atoms. The van der Waals surface area contributed by atoms with Crippen molar-refractivity contribution in [3.05, 3.63) is 53.3 Å². The Labute approximate surface area is 169 Å². The SMILES string of the molecule is COc1cc(OC)cc(-c2nc(C3CC(=O)N(c4ccc(C)cc4C)C3)no2)c1. The molecule has 29 heavy (non-hydrogen) atoms. The van der Waals surface area contributed by atoms with Crippen LogP contribution >= 0.6 is 0 Å². The highest BCUT2D eigenvalue weighted by molar-refractivity contribution is 5.97. The number of amides is 1. The second kappa shape index (κ2) is 7.58. The smallest absolute Gasteiger partial charge is 0.258 e. The molecule has 3 aromatic rings. The number of aromatic nitrogens is 2. The summed E-state index contributed by atoms with van der Waals surface area (Å²) in [7, 11) is 3.17. The van der Waals surface area contributed by atoms with E-state index in [1.54, 1.807) is 20.3 Å². The Kier molecular flexibility index (Phi) is 4.96. The molecular formula is C22H23N3O4. The number of hydrogen-bond acceptors (Lipinski definition) is 6. The topological polar surface area (TPSA) is 77.7 Å². The minimum absolute atomic E-state index is 0.0661. The maximum absolute atomic E-state index is 12.6. The number of nitrogens with zero attached hydrogens (tertiary/aromatic N) is 3. The molecule has 1 aromatic heterocycles. The van der Waals surface area contributed by atoms with Crippen molar-refractivity contribution >= 4 is 11.6 Å². The lowest BCUT2D eigenvalue weighted by atomic mass is 10.1. The van der Waals surface area contributed by atoms with Crippen molar-refractivity contribution in [1.82, 2.24) is 10.1 Å². The largest absolute Gasteiger partial charge is 0.497 e. The molecule has 1 amide bonds. The van der Waals surface area contributed by atoms with Crippen molar-refractivity contribution in [3.8, 4) is 23.0 Å². The van der Waals surface area contributed by atoms with Gasteiger partial charge in [-0.15, -0.1) is 0 Å². The second-order valence-electron chi connectivity index (χ2n) is 7.25. The van der Waals surface area contributed by atoms with Gasteiger partial charge in [-0.1, -0.05) is 22.9 Å².